The third-order valence-electron chi connectivity index (χ3n) is 4.09. The van der Waals surface area contributed by atoms with Gasteiger partial charge in [-0.3, -0.25) is 4.79 Å². The van der Waals surface area contributed by atoms with Crippen molar-refractivity contribution >= 4 is 17.8 Å². The number of methoxy groups -OCH3 is 1. The summed E-state index contributed by atoms with van der Waals surface area (Å²) in [6, 6.07) is 5.48. The fraction of sp³-hybridized carbons (Fsp3) is 0.333. The van der Waals surface area contributed by atoms with E-state index >= 15 is 0 Å². The Morgan fingerprint density at radius 3 is 2.52 bits per heavy atom. The van der Waals surface area contributed by atoms with Crippen LogP contribution in [0.3, 0.4) is 0 Å². The van der Waals surface area contributed by atoms with E-state index in [1.807, 2.05) is 25.1 Å². The highest BCUT2D eigenvalue weighted by atomic mass is 16.5. The highest BCUT2D eigenvalue weighted by Gasteiger charge is 2.21. The maximum absolute atomic E-state index is 12.7. The lowest BCUT2D eigenvalue weighted by Gasteiger charge is -2.11. The van der Waals surface area contributed by atoms with E-state index in [0.717, 1.165) is 5.56 Å². The Morgan fingerprint density at radius 2 is 1.89 bits per heavy atom. The van der Waals surface area contributed by atoms with Crippen LogP contribution in [0, 0.1) is 13.8 Å². The van der Waals surface area contributed by atoms with Gasteiger partial charge in [0.25, 0.3) is 0 Å². The van der Waals surface area contributed by atoms with E-state index < -0.39 is 5.97 Å². The number of carbonyl (C=O) groups excluding carboxylic acids is 2. The first-order chi connectivity index (χ1) is 12.9. The summed E-state index contributed by atoms with van der Waals surface area (Å²) >= 11 is 0. The molecule has 0 aliphatic carbocycles. The van der Waals surface area contributed by atoms with Crippen LogP contribution < -0.4 is 9.47 Å². The number of para-hydroxylation sites is 1. The third kappa shape index (κ3) is 4.39. The van der Waals surface area contributed by atoms with Crippen molar-refractivity contribution in [2.75, 3.05) is 20.3 Å². The SMILES string of the molecule is CCOC(=O)c1c(C)[nH]c(C(=O)C=Cc2cccc(OCC)c2OC)c1C. The molecule has 0 spiro atoms. The molecule has 0 amide bonds. The molecule has 144 valence electrons. The van der Waals surface area contributed by atoms with Crippen LogP contribution in [0.2, 0.25) is 0 Å². The minimum absolute atomic E-state index is 0.241. The molecule has 6 heteroatoms. The highest BCUT2D eigenvalue weighted by molar-refractivity contribution is 6.09. The van der Waals surface area contributed by atoms with E-state index in [1.165, 1.54) is 6.08 Å². The van der Waals surface area contributed by atoms with Gasteiger partial charge in [0.2, 0.25) is 5.78 Å². The van der Waals surface area contributed by atoms with Gasteiger partial charge in [-0.15, -0.1) is 0 Å². The minimum Gasteiger partial charge on any atom is -0.492 e. The average Bonchev–Trinajstić information content (AvgIpc) is 2.94. The molecular weight excluding hydrogens is 346 g/mol. The number of benzene rings is 1. The number of H-pyrrole nitrogens is 1. The van der Waals surface area contributed by atoms with E-state index in [9.17, 15) is 9.59 Å². The topological polar surface area (TPSA) is 77.6 Å². The van der Waals surface area contributed by atoms with Gasteiger partial charge >= 0.3 is 5.97 Å². The molecule has 0 aliphatic rings. The number of allylic oxidation sites excluding steroid dienone is 1. The Bertz CT molecular complexity index is 864. The number of nitrogens with one attached hydrogen (secondary N) is 1. The van der Waals surface area contributed by atoms with Crippen molar-refractivity contribution < 1.29 is 23.8 Å². The number of carbonyl (C=O) groups is 2. The van der Waals surface area contributed by atoms with Crippen LogP contribution in [0.15, 0.2) is 24.3 Å². The monoisotopic (exact) mass is 371 g/mol. The molecule has 27 heavy (non-hydrogen) atoms. The summed E-state index contributed by atoms with van der Waals surface area (Å²) in [6.07, 6.45) is 3.12. The van der Waals surface area contributed by atoms with Crippen LogP contribution in [-0.4, -0.2) is 37.1 Å². The number of esters is 1. The van der Waals surface area contributed by atoms with Crippen molar-refractivity contribution in [1.29, 1.82) is 0 Å². The predicted octanol–water partition coefficient (Wildman–Crippen LogP) is 4.11. The summed E-state index contributed by atoms with van der Waals surface area (Å²) in [5, 5.41) is 0. The van der Waals surface area contributed by atoms with Gasteiger partial charge in [-0.05, 0) is 51.5 Å². The maximum atomic E-state index is 12.7. The Kier molecular flexibility index (Phi) is 6.82. The summed E-state index contributed by atoms with van der Waals surface area (Å²) in [5.74, 6) is 0.508. The number of aryl methyl sites for hydroxylation is 1. The van der Waals surface area contributed by atoms with Gasteiger partial charge in [-0.25, -0.2) is 4.79 Å². The number of hydrogen-bond donors (Lipinski definition) is 1. The summed E-state index contributed by atoms with van der Waals surface area (Å²) in [7, 11) is 1.56. The number of hydrogen-bond acceptors (Lipinski definition) is 5. The van der Waals surface area contributed by atoms with Crippen LogP contribution in [0.5, 0.6) is 11.5 Å². The molecule has 0 aliphatic heterocycles. The highest BCUT2D eigenvalue weighted by Crippen LogP contribution is 2.32. The first-order valence-electron chi connectivity index (χ1n) is 8.83. The standard InChI is InChI=1S/C21H25NO5/c1-6-26-17-10-8-9-15(20(17)25-5)11-12-16(23)19-13(3)18(14(4)22-19)21(24)27-7-2/h8-12,22H,6-7H2,1-5H3. The molecule has 1 heterocycles. The Hall–Kier alpha value is -3.02. The van der Waals surface area contributed by atoms with Gasteiger partial charge < -0.3 is 19.2 Å². The molecule has 1 aromatic heterocycles. The number of rotatable bonds is 8. The lowest BCUT2D eigenvalue weighted by Crippen LogP contribution is -2.07. The quantitative estimate of drug-likeness (QED) is 0.429. The van der Waals surface area contributed by atoms with Crippen LogP contribution in [0.1, 0.15) is 51.5 Å². The average molecular weight is 371 g/mol. The zero-order valence-electron chi connectivity index (χ0n) is 16.3. The molecule has 0 bridgehead atoms. The lowest BCUT2D eigenvalue weighted by molar-refractivity contribution is 0.0525. The molecule has 2 aromatic rings. The fourth-order valence-electron chi connectivity index (χ4n) is 2.91. The summed E-state index contributed by atoms with van der Waals surface area (Å²) < 4.78 is 16.0. The molecule has 0 saturated heterocycles. The fourth-order valence-corrected chi connectivity index (χ4v) is 2.91. The van der Waals surface area contributed by atoms with E-state index in [2.05, 4.69) is 4.98 Å². The molecule has 0 fully saturated rings. The predicted molar refractivity (Wildman–Crippen MR) is 104 cm³/mol. The van der Waals surface area contributed by atoms with E-state index in [-0.39, 0.29) is 12.4 Å². The normalized spacial score (nSPS) is 10.9. The molecule has 2 rings (SSSR count). The number of ketones is 1. The third-order valence-corrected chi connectivity index (χ3v) is 4.09. The van der Waals surface area contributed by atoms with Crippen LogP contribution in [0.4, 0.5) is 0 Å². The van der Waals surface area contributed by atoms with Crippen molar-refractivity contribution in [2.45, 2.75) is 27.7 Å². The Morgan fingerprint density at radius 1 is 1.15 bits per heavy atom. The molecule has 1 N–H and O–H groups in total. The minimum atomic E-state index is -0.433. The summed E-state index contributed by atoms with van der Waals surface area (Å²) in [4.78, 5) is 27.7. The second-order valence-corrected chi connectivity index (χ2v) is 5.85. The van der Waals surface area contributed by atoms with Gasteiger partial charge in [0.1, 0.15) is 0 Å². The van der Waals surface area contributed by atoms with Crippen LogP contribution in [0.25, 0.3) is 6.08 Å². The smallest absolute Gasteiger partial charge is 0.340 e. The van der Waals surface area contributed by atoms with Gasteiger partial charge in [0.15, 0.2) is 11.5 Å². The molecule has 1 aromatic carbocycles. The molecule has 0 atom stereocenters. The molecule has 0 saturated carbocycles. The van der Waals surface area contributed by atoms with E-state index in [0.29, 0.717) is 40.6 Å². The second kappa shape index (κ2) is 9.07. The molecule has 0 radical (unpaired) electrons. The number of aromatic nitrogens is 1. The zero-order valence-corrected chi connectivity index (χ0v) is 16.3. The van der Waals surface area contributed by atoms with E-state index in [1.54, 1.807) is 34.0 Å². The second-order valence-electron chi connectivity index (χ2n) is 5.85. The van der Waals surface area contributed by atoms with Gasteiger partial charge in [-0.1, -0.05) is 12.1 Å². The first kappa shape index (κ1) is 20.3. The summed E-state index contributed by atoms with van der Waals surface area (Å²) in [6.45, 7) is 7.90. The Labute approximate surface area is 159 Å². The lowest BCUT2D eigenvalue weighted by atomic mass is 10.1. The number of aromatic amines is 1. The largest absolute Gasteiger partial charge is 0.492 e. The first-order valence-corrected chi connectivity index (χ1v) is 8.83. The van der Waals surface area contributed by atoms with Crippen molar-refractivity contribution in [1.82, 2.24) is 4.98 Å². The van der Waals surface area contributed by atoms with Crippen molar-refractivity contribution in [3.05, 3.63) is 52.4 Å². The maximum Gasteiger partial charge on any atom is 0.340 e. The van der Waals surface area contributed by atoms with E-state index in [4.69, 9.17) is 14.2 Å². The molecular formula is C21H25NO5. The van der Waals surface area contributed by atoms with Crippen molar-refractivity contribution in [3.8, 4) is 11.5 Å². The molecule has 6 nitrogen and oxygen atoms in total. The van der Waals surface area contributed by atoms with Crippen molar-refractivity contribution in [2.24, 2.45) is 0 Å². The molecule has 0 unspecified atom stereocenters. The Balaban J connectivity index is 2.32. The van der Waals surface area contributed by atoms with Crippen LogP contribution in [-0.2, 0) is 4.74 Å². The number of ether oxygens (including phenoxy) is 3. The van der Waals surface area contributed by atoms with Crippen LogP contribution >= 0.6 is 0 Å². The zero-order chi connectivity index (χ0) is 20.0. The van der Waals surface area contributed by atoms with Crippen molar-refractivity contribution in [3.63, 3.8) is 0 Å². The van der Waals surface area contributed by atoms with Gasteiger partial charge in [0.05, 0.1) is 31.6 Å². The van der Waals surface area contributed by atoms with Gasteiger partial charge in [-0.2, -0.15) is 0 Å². The van der Waals surface area contributed by atoms with Gasteiger partial charge in [0, 0.05) is 11.3 Å². The summed E-state index contributed by atoms with van der Waals surface area (Å²) in [5.41, 5.74) is 2.69.